The molecule has 0 aliphatic carbocycles. The minimum atomic E-state index is -0.845. The van der Waals surface area contributed by atoms with Crippen LogP contribution in [0.15, 0.2) is 60.0 Å². The maximum Gasteiger partial charge on any atom is 0.304 e. The average molecular weight is 490 g/mol. The van der Waals surface area contributed by atoms with E-state index in [0.717, 1.165) is 21.8 Å². The lowest BCUT2D eigenvalue weighted by Crippen LogP contribution is -2.02. The molecular weight excluding hydrogens is 466 g/mol. The molecule has 0 radical (unpaired) electrons. The molecular formula is C23H23NO5S3. The molecule has 6 nitrogen and oxygen atoms in total. The van der Waals surface area contributed by atoms with Gasteiger partial charge in [0, 0.05) is 22.4 Å². The number of aromatic nitrogens is 1. The van der Waals surface area contributed by atoms with E-state index in [2.05, 4.69) is 4.98 Å². The molecule has 3 rings (SSSR count). The van der Waals surface area contributed by atoms with Crippen molar-refractivity contribution in [1.29, 1.82) is 0 Å². The van der Waals surface area contributed by atoms with Crippen molar-refractivity contribution in [3.05, 3.63) is 71.2 Å². The largest absolute Gasteiger partial charge is 0.487 e. The number of rotatable bonds is 13. The van der Waals surface area contributed by atoms with Gasteiger partial charge in [-0.3, -0.25) is 9.59 Å². The van der Waals surface area contributed by atoms with Gasteiger partial charge in [0.1, 0.15) is 17.4 Å². The average Bonchev–Trinajstić information content (AvgIpc) is 3.26. The van der Waals surface area contributed by atoms with Crippen LogP contribution < -0.4 is 4.74 Å². The molecule has 0 bridgehead atoms. The normalized spacial score (nSPS) is 10.9. The van der Waals surface area contributed by atoms with Gasteiger partial charge in [-0.1, -0.05) is 42.5 Å². The van der Waals surface area contributed by atoms with E-state index in [1.165, 1.54) is 23.5 Å². The van der Waals surface area contributed by atoms with E-state index >= 15 is 0 Å². The first kappa shape index (κ1) is 24.2. The van der Waals surface area contributed by atoms with E-state index in [-0.39, 0.29) is 17.4 Å². The van der Waals surface area contributed by atoms with E-state index in [1.54, 1.807) is 11.3 Å². The minimum Gasteiger partial charge on any atom is -0.487 e. The molecule has 0 amide bonds. The van der Waals surface area contributed by atoms with Crippen molar-refractivity contribution >= 4 is 46.8 Å². The lowest BCUT2D eigenvalue weighted by molar-refractivity contribution is -0.137. The third-order valence-corrected chi connectivity index (χ3v) is 8.05. The van der Waals surface area contributed by atoms with Gasteiger partial charge >= 0.3 is 11.9 Å². The molecule has 0 saturated carbocycles. The summed E-state index contributed by atoms with van der Waals surface area (Å²) in [5, 5.41) is 20.8. The summed E-state index contributed by atoms with van der Waals surface area (Å²) in [5.41, 5.74) is 2.89. The Morgan fingerprint density at radius 2 is 1.66 bits per heavy atom. The molecule has 0 aliphatic rings. The Hall–Kier alpha value is -2.49. The Balaban J connectivity index is 1.63. The first-order valence-electron chi connectivity index (χ1n) is 9.90. The number of benzene rings is 2. The number of carboxylic acid groups (broad SMARTS) is 2. The summed E-state index contributed by atoms with van der Waals surface area (Å²) < 4.78 is 5.89. The number of hydrogen-bond donors (Lipinski definition) is 2. The molecule has 1 aromatic heterocycles. The lowest BCUT2D eigenvalue weighted by Gasteiger charge is -2.17. The van der Waals surface area contributed by atoms with E-state index in [9.17, 15) is 9.59 Å². The highest BCUT2D eigenvalue weighted by Gasteiger charge is 2.15. The molecule has 0 saturated heterocycles. The van der Waals surface area contributed by atoms with Gasteiger partial charge in [0.05, 0.1) is 23.1 Å². The second kappa shape index (κ2) is 12.5. The Morgan fingerprint density at radius 1 is 0.969 bits per heavy atom. The molecule has 3 aromatic rings. The van der Waals surface area contributed by atoms with Crippen molar-refractivity contribution in [1.82, 2.24) is 4.98 Å². The highest BCUT2D eigenvalue weighted by atomic mass is 32.2. The van der Waals surface area contributed by atoms with Crippen LogP contribution in [0.4, 0.5) is 0 Å². The molecule has 0 atom stereocenters. The van der Waals surface area contributed by atoms with Gasteiger partial charge in [-0.2, -0.15) is 0 Å². The second-order valence-electron chi connectivity index (χ2n) is 6.73. The Morgan fingerprint density at radius 3 is 2.31 bits per heavy atom. The number of hydrogen-bond acceptors (Lipinski definition) is 7. The fraction of sp³-hybridized carbons (Fsp3) is 0.261. The number of thioether (sulfide) groups is 2. The number of aliphatic carboxylic acids is 2. The predicted molar refractivity (Wildman–Crippen MR) is 130 cm³/mol. The third kappa shape index (κ3) is 7.89. The Labute approximate surface area is 199 Å². The van der Waals surface area contributed by atoms with Crippen molar-refractivity contribution in [2.75, 3.05) is 11.5 Å². The number of carboxylic acids is 2. The zero-order valence-electron chi connectivity index (χ0n) is 17.2. The molecule has 168 valence electrons. The maximum absolute atomic E-state index is 10.9. The molecule has 2 N–H and O–H groups in total. The van der Waals surface area contributed by atoms with Crippen LogP contribution >= 0.6 is 34.9 Å². The van der Waals surface area contributed by atoms with E-state index in [0.29, 0.717) is 23.9 Å². The van der Waals surface area contributed by atoms with E-state index in [4.69, 9.17) is 14.9 Å². The SMILES string of the molecule is O=C(O)CCSC(SCCC(=O)O)c1cccc(OCc2csc(-c3ccccc3)n2)c1. The Kier molecular flexibility index (Phi) is 9.45. The fourth-order valence-electron chi connectivity index (χ4n) is 2.74. The van der Waals surface area contributed by atoms with Gasteiger partial charge in [-0.25, -0.2) is 4.98 Å². The van der Waals surface area contributed by atoms with Crippen molar-refractivity contribution in [2.24, 2.45) is 0 Å². The first-order chi connectivity index (χ1) is 15.5. The molecule has 0 aliphatic heterocycles. The van der Waals surface area contributed by atoms with Crippen LogP contribution in [0.2, 0.25) is 0 Å². The smallest absolute Gasteiger partial charge is 0.304 e. The molecule has 1 heterocycles. The fourth-order valence-corrected chi connectivity index (χ4v) is 6.21. The van der Waals surface area contributed by atoms with Gasteiger partial charge in [0.15, 0.2) is 0 Å². The van der Waals surface area contributed by atoms with Crippen molar-refractivity contribution in [3.63, 3.8) is 0 Å². The molecule has 32 heavy (non-hydrogen) atoms. The summed E-state index contributed by atoms with van der Waals surface area (Å²) in [5.74, 6) is -0.0955. The van der Waals surface area contributed by atoms with Crippen molar-refractivity contribution in [2.45, 2.75) is 24.0 Å². The standard InChI is InChI=1S/C23H23NO5S3/c25-20(26)9-11-30-23(31-12-10-21(27)28)17-7-4-8-19(13-17)29-14-18-15-32-22(24-18)16-5-2-1-3-6-16/h1-8,13,15,23H,9-12,14H2,(H,25,26)(H,27,28). The summed E-state index contributed by atoms with van der Waals surface area (Å²) in [4.78, 5) is 26.4. The third-order valence-electron chi connectivity index (χ3n) is 4.26. The van der Waals surface area contributed by atoms with Crippen LogP contribution in [0.5, 0.6) is 5.75 Å². The van der Waals surface area contributed by atoms with Crippen LogP contribution in [0, 0.1) is 0 Å². The number of ether oxygens (including phenoxy) is 1. The molecule has 9 heteroatoms. The summed E-state index contributed by atoms with van der Waals surface area (Å²) in [7, 11) is 0. The van der Waals surface area contributed by atoms with Crippen molar-refractivity contribution < 1.29 is 24.5 Å². The molecule has 2 aromatic carbocycles. The van der Waals surface area contributed by atoms with Crippen molar-refractivity contribution in [3.8, 4) is 16.3 Å². The zero-order chi connectivity index (χ0) is 22.8. The number of nitrogens with zero attached hydrogens (tertiary/aromatic N) is 1. The van der Waals surface area contributed by atoms with Gasteiger partial charge in [0.25, 0.3) is 0 Å². The highest BCUT2D eigenvalue weighted by molar-refractivity contribution is 8.16. The summed E-state index contributed by atoms with van der Waals surface area (Å²) in [6.07, 6.45) is 0.120. The lowest BCUT2D eigenvalue weighted by atomic mass is 10.2. The van der Waals surface area contributed by atoms with Crippen LogP contribution in [0.3, 0.4) is 0 Å². The molecule has 0 unspecified atom stereocenters. The van der Waals surface area contributed by atoms with Crippen LogP contribution in [0.25, 0.3) is 10.6 Å². The van der Waals surface area contributed by atoms with Crippen LogP contribution in [-0.4, -0.2) is 38.6 Å². The summed E-state index contributed by atoms with van der Waals surface area (Å²) >= 11 is 4.58. The number of carbonyl (C=O) groups is 2. The minimum absolute atomic E-state index is 0.0599. The number of thiazole rings is 1. The van der Waals surface area contributed by atoms with Crippen LogP contribution in [0.1, 0.15) is 28.7 Å². The monoisotopic (exact) mass is 489 g/mol. The summed E-state index contributed by atoms with van der Waals surface area (Å²) in [6.45, 7) is 0.343. The van der Waals surface area contributed by atoms with E-state index in [1.807, 2.05) is 60.0 Å². The Bertz CT molecular complexity index is 1010. The van der Waals surface area contributed by atoms with Gasteiger partial charge in [-0.15, -0.1) is 34.9 Å². The highest BCUT2D eigenvalue weighted by Crippen LogP contribution is 2.41. The van der Waals surface area contributed by atoms with Gasteiger partial charge in [0.2, 0.25) is 0 Å². The quantitative estimate of drug-likeness (QED) is 0.291. The maximum atomic E-state index is 10.9. The predicted octanol–water partition coefficient (Wildman–Crippen LogP) is 5.80. The first-order valence-corrected chi connectivity index (χ1v) is 12.9. The van der Waals surface area contributed by atoms with Gasteiger partial charge < -0.3 is 14.9 Å². The molecule has 0 fully saturated rings. The summed E-state index contributed by atoms with van der Waals surface area (Å²) in [6, 6.07) is 17.6. The zero-order valence-corrected chi connectivity index (χ0v) is 19.6. The molecule has 0 spiro atoms. The van der Waals surface area contributed by atoms with E-state index < -0.39 is 11.9 Å². The topological polar surface area (TPSA) is 96.7 Å². The second-order valence-corrected chi connectivity index (χ2v) is 10.3. The van der Waals surface area contributed by atoms with Gasteiger partial charge in [-0.05, 0) is 17.7 Å². The van der Waals surface area contributed by atoms with Crippen LogP contribution in [-0.2, 0) is 16.2 Å².